The van der Waals surface area contributed by atoms with Crippen LogP contribution in [-0.2, 0) is 9.84 Å². The van der Waals surface area contributed by atoms with Gasteiger partial charge in [-0.05, 0) is 11.3 Å². The molecule has 0 bridgehead atoms. The summed E-state index contributed by atoms with van der Waals surface area (Å²) in [6, 6.07) is 0. The topological polar surface area (TPSA) is 34.1 Å². The average Bonchev–Trinajstić information content (AvgIpc) is 1.98. The summed E-state index contributed by atoms with van der Waals surface area (Å²) in [6.45, 7) is 7.92. The van der Waals surface area contributed by atoms with E-state index in [-0.39, 0.29) is 22.8 Å². The highest BCUT2D eigenvalue weighted by molar-refractivity contribution is 9.09. The van der Waals surface area contributed by atoms with Crippen LogP contribution >= 0.6 is 15.9 Å². The molecule has 80 valence electrons. The van der Waals surface area contributed by atoms with Crippen LogP contribution in [0.4, 0.5) is 0 Å². The van der Waals surface area contributed by atoms with Gasteiger partial charge in [-0.1, -0.05) is 43.6 Å². The molecule has 0 aliphatic carbocycles. The fraction of sp³-hybridized carbons (Fsp3) is 1.00. The Labute approximate surface area is 90.2 Å². The van der Waals surface area contributed by atoms with Gasteiger partial charge in [-0.2, -0.15) is 0 Å². The number of sulfone groups is 1. The van der Waals surface area contributed by atoms with E-state index in [0.717, 1.165) is 5.33 Å². The van der Waals surface area contributed by atoms with Crippen LogP contribution in [0.25, 0.3) is 0 Å². The second kappa shape index (κ2) is 4.78. The summed E-state index contributed by atoms with van der Waals surface area (Å²) in [4.78, 5) is 0. The van der Waals surface area contributed by atoms with E-state index >= 15 is 0 Å². The van der Waals surface area contributed by atoms with Gasteiger partial charge in [0.1, 0.15) is 9.84 Å². The summed E-state index contributed by atoms with van der Waals surface area (Å²) in [7, 11) is -2.84. The summed E-state index contributed by atoms with van der Waals surface area (Å²) in [6.07, 6.45) is 0. The molecule has 0 spiro atoms. The van der Waals surface area contributed by atoms with Crippen molar-refractivity contribution < 1.29 is 8.42 Å². The van der Waals surface area contributed by atoms with Crippen molar-refractivity contribution in [2.45, 2.75) is 27.7 Å². The minimum absolute atomic E-state index is 0.0474. The SMILES string of the molecule is CCS(=O)(=O)CC(CBr)C(C)(C)C. The van der Waals surface area contributed by atoms with E-state index in [4.69, 9.17) is 0 Å². The summed E-state index contributed by atoms with van der Waals surface area (Å²) < 4.78 is 22.8. The Morgan fingerprint density at radius 2 is 1.77 bits per heavy atom. The van der Waals surface area contributed by atoms with Crippen molar-refractivity contribution in [3.63, 3.8) is 0 Å². The van der Waals surface area contributed by atoms with E-state index in [1.165, 1.54) is 0 Å². The Morgan fingerprint density at radius 1 is 1.31 bits per heavy atom. The quantitative estimate of drug-likeness (QED) is 0.736. The lowest BCUT2D eigenvalue weighted by atomic mass is 9.83. The van der Waals surface area contributed by atoms with Gasteiger partial charge >= 0.3 is 0 Å². The molecule has 1 unspecified atom stereocenters. The number of rotatable bonds is 4. The Balaban J connectivity index is 4.49. The third-order valence-corrected chi connectivity index (χ3v) is 4.88. The fourth-order valence-electron chi connectivity index (χ4n) is 0.950. The molecule has 2 nitrogen and oxygen atoms in total. The first-order chi connectivity index (χ1) is 5.73. The van der Waals surface area contributed by atoms with Crippen molar-refractivity contribution in [3.05, 3.63) is 0 Å². The zero-order chi connectivity index (χ0) is 10.7. The predicted molar refractivity (Wildman–Crippen MR) is 61.1 cm³/mol. The van der Waals surface area contributed by atoms with E-state index in [9.17, 15) is 8.42 Å². The summed E-state index contributed by atoms with van der Waals surface area (Å²) in [5.74, 6) is 0.725. The van der Waals surface area contributed by atoms with Crippen molar-refractivity contribution in [2.24, 2.45) is 11.3 Å². The largest absolute Gasteiger partial charge is 0.229 e. The minimum Gasteiger partial charge on any atom is -0.229 e. The van der Waals surface area contributed by atoms with Crippen LogP contribution in [-0.4, -0.2) is 25.3 Å². The zero-order valence-electron chi connectivity index (χ0n) is 8.80. The van der Waals surface area contributed by atoms with E-state index < -0.39 is 9.84 Å². The van der Waals surface area contributed by atoms with Gasteiger partial charge in [0, 0.05) is 11.1 Å². The van der Waals surface area contributed by atoms with E-state index in [1.54, 1.807) is 6.92 Å². The molecule has 0 aromatic heterocycles. The second-order valence-corrected chi connectivity index (χ2v) is 7.46. The van der Waals surface area contributed by atoms with Gasteiger partial charge in [0.05, 0.1) is 5.75 Å². The molecule has 0 fully saturated rings. The zero-order valence-corrected chi connectivity index (χ0v) is 11.2. The summed E-state index contributed by atoms with van der Waals surface area (Å²) in [5.41, 5.74) is 0.0474. The van der Waals surface area contributed by atoms with Crippen molar-refractivity contribution in [2.75, 3.05) is 16.8 Å². The van der Waals surface area contributed by atoms with Crippen molar-refractivity contribution in [1.82, 2.24) is 0 Å². The molecule has 0 aliphatic rings. The van der Waals surface area contributed by atoms with Crippen LogP contribution in [0, 0.1) is 11.3 Å². The van der Waals surface area contributed by atoms with Crippen LogP contribution in [0.5, 0.6) is 0 Å². The first-order valence-electron chi connectivity index (χ1n) is 4.49. The third kappa shape index (κ3) is 5.01. The second-order valence-electron chi connectivity index (χ2n) is 4.42. The lowest BCUT2D eigenvalue weighted by Crippen LogP contribution is -2.30. The van der Waals surface area contributed by atoms with Gasteiger partial charge in [0.15, 0.2) is 0 Å². The number of halogens is 1. The van der Waals surface area contributed by atoms with Crippen LogP contribution < -0.4 is 0 Å². The molecule has 13 heavy (non-hydrogen) atoms. The highest BCUT2D eigenvalue weighted by Gasteiger charge is 2.27. The first kappa shape index (κ1) is 13.4. The van der Waals surface area contributed by atoms with Gasteiger partial charge in [0.2, 0.25) is 0 Å². The van der Waals surface area contributed by atoms with Gasteiger partial charge in [-0.15, -0.1) is 0 Å². The Bertz CT molecular complexity index is 239. The van der Waals surface area contributed by atoms with Gasteiger partial charge in [-0.3, -0.25) is 0 Å². The Morgan fingerprint density at radius 3 is 2.00 bits per heavy atom. The molecule has 4 heteroatoms. The molecular formula is C9H19BrO2S. The lowest BCUT2D eigenvalue weighted by molar-refractivity contribution is 0.291. The number of hydrogen-bond donors (Lipinski definition) is 0. The maximum absolute atomic E-state index is 11.4. The molecule has 0 amide bonds. The molecule has 0 radical (unpaired) electrons. The Hall–Kier alpha value is 0.430. The highest BCUT2D eigenvalue weighted by atomic mass is 79.9. The standard InChI is InChI=1S/C9H19BrO2S/c1-5-13(11,12)7-8(6-10)9(2,3)4/h8H,5-7H2,1-4H3. The predicted octanol–water partition coefficient (Wildman–Crippen LogP) is 2.48. The molecule has 0 aromatic rings. The van der Waals surface area contributed by atoms with Crippen LogP contribution in [0.3, 0.4) is 0 Å². The van der Waals surface area contributed by atoms with Gasteiger partial charge < -0.3 is 0 Å². The van der Waals surface area contributed by atoms with E-state index in [2.05, 4.69) is 36.7 Å². The van der Waals surface area contributed by atoms with E-state index in [0.29, 0.717) is 0 Å². The van der Waals surface area contributed by atoms with Crippen LogP contribution in [0.2, 0.25) is 0 Å². The molecule has 0 N–H and O–H groups in total. The summed E-state index contributed by atoms with van der Waals surface area (Å²) >= 11 is 3.37. The summed E-state index contributed by atoms with van der Waals surface area (Å²) in [5, 5.41) is 0.746. The lowest BCUT2D eigenvalue weighted by Gasteiger charge is -2.28. The molecule has 0 heterocycles. The maximum atomic E-state index is 11.4. The Kier molecular flexibility index (Phi) is 4.94. The maximum Gasteiger partial charge on any atom is 0.150 e. The number of hydrogen-bond acceptors (Lipinski definition) is 2. The molecule has 0 aromatic carbocycles. The smallest absolute Gasteiger partial charge is 0.150 e. The van der Waals surface area contributed by atoms with Crippen molar-refractivity contribution in [3.8, 4) is 0 Å². The molecule has 0 saturated carbocycles. The normalized spacial score (nSPS) is 15.8. The average molecular weight is 271 g/mol. The monoisotopic (exact) mass is 270 g/mol. The number of alkyl halides is 1. The van der Waals surface area contributed by atoms with Gasteiger partial charge in [-0.25, -0.2) is 8.42 Å². The van der Waals surface area contributed by atoms with Crippen LogP contribution in [0.1, 0.15) is 27.7 Å². The highest BCUT2D eigenvalue weighted by Crippen LogP contribution is 2.28. The van der Waals surface area contributed by atoms with Crippen molar-refractivity contribution in [1.29, 1.82) is 0 Å². The van der Waals surface area contributed by atoms with Gasteiger partial charge in [0.25, 0.3) is 0 Å². The minimum atomic E-state index is -2.84. The van der Waals surface area contributed by atoms with E-state index in [1.807, 2.05) is 0 Å². The molecule has 1 atom stereocenters. The van der Waals surface area contributed by atoms with Crippen molar-refractivity contribution >= 4 is 25.8 Å². The molecule has 0 rings (SSSR count). The third-order valence-electron chi connectivity index (χ3n) is 2.31. The fourth-order valence-corrected chi connectivity index (χ4v) is 3.92. The first-order valence-corrected chi connectivity index (χ1v) is 7.43. The molecule has 0 saturated heterocycles. The molecular weight excluding hydrogens is 252 g/mol. The molecule has 0 aliphatic heterocycles. The van der Waals surface area contributed by atoms with Crippen LogP contribution in [0.15, 0.2) is 0 Å².